The van der Waals surface area contributed by atoms with E-state index < -0.39 is 0 Å². The third kappa shape index (κ3) is 3.85. The fraction of sp³-hybridized carbons (Fsp3) is 0.600. The number of rotatable bonds is 4. The van der Waals surface area contributed by atoms with Crippen molar-refractivity contribution < 1.29 is 4.79 Å². The average Bonchev–Trinajstić information content (AvgIpc) is 3.32. The van der Waals surface area contributed by atoms with Crippen LogP contribution in [-0.2, 0) is 0 Å². The molecule has 2 heterocycles. The van der Waals surface area contributed by atoms with E-state index in [4.69, 9.17) is 0 Å². The molecule has 6 nitrogen and oxygen atoms in total. The molecule has 0 aromatic carbocycles. The number of anilines is 2. The molecule has 1 aromatic rings. The van der Waals surface area contributed by atoms with Gasteiger partial charge in [-0.2, -0.15) is 0 Å². The summed E-state index contributed by atoms with van der Waals surface area (Å²) in [5.41, 5.74) is 1.12. The lowest BCUT2D eigenvalue weighted by Gasteiger charge is -2.35. The maximum atomic E-state index is 11.6. The maximum absolute atomic E-state index is 11.6. The first-order valence-electron chi connectivity index (χ1n) is 7.75. The van der Waals surface area contributed by atoms with Gasteiger partial charge < -0.3 is 15.1 Å². The van der Waals surface area contributed by atoms with Crippen molar-refractivity contribution >= 4 is 17.5 Å². The van der Waals surface area contributed by atoms with E-state index in [1.54, 1.807) is 0 Å². The average molecular weight is 289 g/mol. The highest BCUT2D eigenvalue weighted by molar-refractivity contribution is 5.88. The quantitative estimate of drug-likeness (QED) is 0.882. The highest BCUT2D eigenvalue weighted by atomic mass is 16.2. The van der Waals surface area contributed by atoms with Gasteiger partial charge >= 0.3 is 6.03 Å². The largest absolute Gasteiger partial charge is 0.368 e. The number of amides is 2. The first kappa shape index (κ1) is 14.1. The molecule has 1 aromatic heterocycles. The SMILES string of the molecule is CCN1CCN(c2ccc(NC(=O)NC3CC3)nc2)CC1. The molecule has 1 aliphatic carbocycles. The molecule has 1 saturated heterocycles. The van der Waals surface area contributed by atoms with Crippen molar-refractivity contribution in [1.29, 1.82) is 0 Å². The third-order valence-electron chi connectivity index (χ3n) is 4.09. The molecular formula is C15H23N5O. The number of carbonyl (C=O) groups is 1. The van der Waals surface area contributed by atoms with Gasteiger partial charge in [0.05, 0.1) is 11.9 Å². The number of carbonyl (C=O) groups excluding carboxylic acids is 1. The van der Waals surface area contributed by atoms with Crippen LogP contribution in [0.4, 0.5) is 16.3 Å². The van der Waals surface area contributed by atoms with E-state index in [2.05, 4.69) is 32.3 Å². The van der Waals surface area contributed by atoms with Gasteiger partial charge in [-0.15, -0.1) is 0 Å². The second-order valence-electron chi connectivity index (χ2n) is 5.70. The van der Waals surface area contributed by atoms with E-state index in [-0.39, 0.29) is 6.03 Å². The molecule has 2 fully saturated rings. The minimum absolute atomic E-state index is 0.158. The van der Waals surface area contributed by atoms with Crippen LogP contribution < -0.4 is 15.5 Å². The van der Waals surface area contributed by atoms with Crippen molar-refractivity contribution in [2.75, 3.05) is 42.9 Å². The second-order valence-corrected chi connectivity index (χ2v) is 5.70. The Morgan fingerprint density at radius 2 is 2.05 bits per heavy atom. The van der Waals surface area contributed by atoms with Crippen molar-refractivity contribution in [3.05, 3.63) is 18.3 Å². The highest BCUT2D eigenvalue weighted by Gasteiger charge is 2.23. The van der Waals surface area contributed by atoms with Gasteiger partial charge in [-0.05, 0) is 31.5 Å². The predicted octanol–water partition coefficient (Wildman–Crippen LogP) is 1.51. The molecule has 1 saturated carbocycles. The summed E-state index contributed by atoms with van der Waals surface area (Å²) in [5.74, 6) is 0.601. The van der Waals surface area contributed by atoms with Crippen molar-refractivity contribution in [2.24, 2.45) is 0 Å². The minimum Gasteiger partial charge on any atom is -0.368 e. The van der Waals surface area contributed by atoms with E-state index >= 15 is 0 Å². The lowest BCUT2D eigenvalue weighted by molar-refractivity contribution is 0.251. The Morgan fingerprint density at radius 3 is 2.62 bits per heavy atom. The second kappa shape index (κ2) is 6.30. The van der Waals surface area contributed by atoms with Gasteiger partial charge in [-0.3, -0.25) is 5.32 Å². The summed E-state index contributed by atoms with van der Waals surface area (Å²) in [6.07, 6.45) is 4.02. The number of hydrogen-bond donors (Lipinski definition) is 2. The molecule has 6 heteroatoms. The Labute approximate surface area is 125 Å². The molecule has 3 rings (SSSR count). The van der Waals surface area contributed by atoms with Gasteiger partial charge in [0.25, 0.3) is 0 Å². The number of piperazine rings is 1. The monoisotopic (exact) mass is 289 g/mol. The smallest absolute Gasteiger partial charge is 0.320 e. The van der Waals surface area contributed by atoms with Gasteiger partial charge in [0, 0.05) is 32.2 Å². The number of aromatic nitrogens is 1. The number of urea groups is 1. The van der Waals surface area contributed by atoms with Crippen LogP contribution in [0.15, 0.2) is 18.3 Å². The number of likely N-dealkylation sites (N-methyl/N-ethyl adjacent to an activating group) is 1. The zero-order valence-electron chi connectivity index (χ0n) is 12.5. The number of pyridine rings is 1. The van der Waals surface area contributed by atoms with E-state index in [0.717, 1.165) is 51.3 Å². The van der Waals surface area contributed by atoms with Crippen LogP contribution in [0.3, 0.4) is 0 Å². The van der Waals surface area contributed by atoms with Crippen LogP contribution in [-0.4, -0.2) is 54.7 Å². The first-order valence-corrected chi connectivity index (χ1v) is 7.75. The summed E-state index contributed by atoms with van der Waals surface area (Å²) in [5, 5.41) is 5.66. The molecule has 1 aliphatic heterocycles. The van der Waals surface area contributed by atoms with E-state index in [0.29, 0.717) is 11.9 Å². The van der Waals surface area contributed by atoms with E-state index in [9.17, 15) is 4.79 Å². The van der Waals surface area contributed by atoms with Crippen LogP contribution in [0.1, 0.15) is 19.8 Å². The van der Waals surface area contributed by atoms with Crippen molar-refractivity contribution in [1.82, 2.24) is 15.2 Å². The summed E-state index contributed by atoms with van der Waals surface area (Å²) >= 11 is 0. The molecule has 114 valence electrons. The number of nitrogens with zero attached hydrogens (tertiary/aromatic N) is 3. The molecule has 2 amide bonds. The summed E-state index contributed by atoms with van der Waals surface area (Å²) in [7, 11) is 0. The first-order chi connectivity index (χ1) is 10.2. The van der Waals surface area contributed by atoms with Gasteiger partial charge in [-0.1, -0.05) is 6.92 Å². The molecule has 0 radical (unpaired) electrons. The van der Waals surface area contributed by atoms with Crippen LogP contribution in [0, 0.1) is 0 Å². The predicted molar refractivity (Wildman–Crippen MR) is 83.7 cm³/mol. The Kier molecular flexibility index (Phi) is 4.24. The fourth-order valence-electron chi connectivity index (χ4n) is 2.53. The standard InChI is InChI=1S/C15H23N5O/c1-2-19-7-9-20(10-8-19)13-5-6-14(16-11-13)18-15(21)17-12-3-4-12/h5-6,11-12H,2-4,7-10H2,1H3,(H2,16,17,18,21). The van der Waals surface area contributed by atoms with Gasteiger partial charge in [0.2, 0.25) is 0 Å². The van der Waals surface area contributed by atoms with Crippen LogP contribution in [0.5, 0.6) is 0 Å². The Bertz CT molecular complexity index is 477. The molecule has 0 atom stereocenters. The van der Waals surface area contributed by atoms with Crippen LogP contribution in [0.2, 0.25) is 0 Å². The molecule has 2 N–H and O–H groups in total. The fourth-order valence-corrected chi connectivity index (χ4v) is 2.53. The number of hydrogen-bond acceptors (Lipinski definition) is 4. The van der Waals surface area contributed by atoms with Gasteiger partial charge in [0.15, 0.2) is 0 Å². The molecule has 0 bridgehead atoms. The van der Waals surface area contributed by atoms with Gasteiger partial charge in [-0.25, -0.2) is 9.78 Å². The molecular weight excluding hydrogens is 266 g/mol. The van der Waals surface area contributed by atoms with Crippen molar-refractivity contribution in [3.8, 4) is 0 Å². The van der Waals surface area contributed by atoms with E-state index in [1.165, 1.54) is 0 Å². The van der Waals surface area contributed by atoms with Crippen LogP contribution >= 0.6 is 0 Å². The van der Waals surface area contributed by atoms with Crippen molar-refractivity contribution in [2.45, 2.75) is 25.8 Å². The molecule has 21 heavy (non-hydrogen) atoms. The minimum atomic E-state index is -0.158. The lowest BCUT2D eigenvalue weighted by atomic mass is 10.2. The summed E-state index contributed by atoms with van der Waals surface area (Å²) in [6, 6.07) is 4.10. The van der Waals surface area contributed by atoms with E-state index in [1.807, 2.05) is 18.3 Å². The Hall–Kier alpha value is -1.82. The van der Waals surface area contributed by atoms with Crippen LogP contribution in [0.25, 0.3) is 0 Å². The molecule has 2 aliphatic rings. The Morgan fingerprint density at radius 1 is 1.29 bits per heavy atom. The zero-order chi connectivity index (χ0) is 14.7. The summed E-state index contributed by atoms with van der Waals surface area (Å²) in [4.78, 5) is 20.8. The van der Waals surface area contributed by atoms with Crippen molar-refractivity contribution in [3.63, 3.8) is 0 Å². The summed E-state index contributed by atoms with van der Waals surface area (Å²) < 4.78 is 0. The summed E-state index contributed by atoms with van der Waals surface area (Å²) in [6.45, 7) is 7.57. The topological polar surface area (TPSA) is 60.5 Å². The lowest BCUT2D eigenvalue weighted by Crippen LogP contribution is -2.46. The van der Waals surface area contributed by atoms with Gasteiger partial charge in [0.1, 0.15) is 5.82 Å². The highest BCUT2D eigenvalue weighted by Crippen LogP contribution is 2.19. The third-order valence-corrected chi connectivity index (χ3v) is 4.09. The zero-order valence-corrected chi connectivity index (χ0v) is 12.5. The number of nitrogens with one attached hydrogen (secondary N) is 2. The maximum Gasteiger partial charge on any atom is 0.320 e. The Balaban J connectivity index is 1.52. The normalized spacial score (nSPS) is 19.4. The molecule has 0 spiro atoms. The molecule has 0 unspecified atom stereocenters.